The van der Waals surface area contributed by atoms with E-state index in [1.165, 1.54) is 0 Å². The Hall–Kier alpha value is -1.26. The average molecular weight is 325 g/mol. The first-order valence-electron chi connectivity index (χ1n) is 7.68. The van der Waals surface area contributed by atoms with Crippen molar-refractivity contribution in [2.24, 2.45) is 5.92 Å². The Morgan fingerprint density at radius 1 is 1.45 bits per heavy atom. The fourth-order valence-electron chi connectivity index (χ4n) is 3.04. The molecule has 2 rings (SSSR count). The first kappa shape index (κ1) is 17.1. The van der Waals surface area contributed by atoms with Gasteiger partial charge in [0, 0.05) is 17.1 Å². The number of methoxy groups -OCH3 is 1. The highest BCUT2D eigenvalue weighted by atomic mass is 35.5. The number of rotatable bonds is 4. The van der Waals surface area contributed by atoms with E-state index in [1.54, 1.807) is 13.2 Å². The lowest BCUT2D eigenvalue weighted by Crippen LogP contribution is -2.48. The summed E-state index contributed by atoms with van der Waals surface area (Å²) in [7, 11) is 3.68. The van der Waals surface area contributed by atoms with E-state index in [2.05, 4.69) is 17.3 Å². The normalized spacial score (nSPS) is 19.8. The molecule has 1 aromatic carbocycles. The lowest BCUT2D eigenvalue weighted by molar-refractivity contribution is -0.128. The van der Waals surface area contributed by atoms with Crippen molar-refractivity contribution in [2.45, 2.75) is 32.2 Å². The molecule has 0 radical (unpaired) electrons. The molecule has 0 spiro atoms. The van der Waals surface area contributed by atoms with Crippen molar-refractivity contribution in [1.82, 2.24) is 10.2 Å². The van der Waals surface area contributed by atoms with Gasteiger partial charge in [-0.25, -0.2) is 0 Å². The van der Waals surface area contributed by atoms with Gasteiger partial charge in [0.25, 0.3) is 0 Å². The second-order valence-corrected chi connectivity index (χ2v) is 7.00. The van der Waals surface area contributed by atoms with Crippen molar-refractivity contribution in [3.63, 3.8) is 0 Å². The van der Waals surface area contributed by atoms with Crippen molar-refractivity contribution in [1.29, 1.82) is 0 Å². The number of likely N-dealkylation sites (tertiary alicyclic amines) is 1. The lowest BCUT2D eigenvalue weighted by Gasteiger charge is -2.33. The Balaban J connectivity index is 2.14. The molecule has 0 bridgehead atoms. The predicted octanol–water partition coefficient (Wildman–Crippen LogP) is 3.04. The number of piperidine rings is 1. The summed E-state index contributed by atoms with van der Waals surface area (Å²) in [6.45, 7) is 5.87. The molecule has 1 N–H and O–H groups in total. The Labute approximate surface area is 137 Å². The van der Waals surface area contributed by atoms with Crippen LogP contribution in [0.15, 0.2) is 18.2 Å². The molecule has 1 amide bonds. The summed E-state index contributed by atoms with van der Waals surface area (Å²) in [5.41, 5.74) is 0.417. The second kappa shape index (κ2) is 6.88. The zero-order chi connectivity index (χ0) is 16.3. The SMILES string of the molecule is COc1cc(Cl)ccc1C(C)(C)NC(=O)[C@H]1CCCN(C)C1. The summed E-state index contributed by atoms with van der Waals surface area (Å²) >= 11 is 6.02. The molecule has 0 saturated carbocycles. The van der Waals surface area contributed by atoms with Crippen molar-refractivity contribution in [2.75, 3.05) is 27.2 Å². The minimum Gasteiger partial charge on any atom is -0.496 e. The van der Waals surface area contributed by atoms with Crippen LogP contribution in [0, 0.1) is 5.92 Å². The maximum Gasteiger partial charge on any atom is 0.225 e. The monoisotopic (exact) mass is 324 g/mol. The number of nitrogens with zero attached hydrogens (tertiary/aromatic N) is 1. The van der Waals surface area contributed by atoms with Gasteiger partial charge < -0.3 is 15.0 Å². The van der Waals surface area contributed by atoms with E-state index in [0.29, 0.717) is 10.8 Å². The van der Waals surface area contributed by atoms with Crippen LogP contribution in [0.2, 0.25) is 5.02 Å². The van der Waals surface area contributed by atoms with Crippen LogP contribution >= 0.6 is 11.6 Å². The van der Waals surface area contributed by atoms with Gasteiger partial charge in [-0.1, -0.05) is 17.7 Å². The van der Waals surface area contributed by atoms with E-state index in [0.717, 1.165) is 31.5 Å². The largest absolute Gasteiger partial charge is 0.496 e. The van der Waals surface area contributed by atoms with Gasteiger partial charge in [-0.2, -0.15) is 0 Å². The van der Waals surface area contributed by atoms with Crippen molar-refractivity contribution in [3.8, 4) is 5.75 Å². The van der Waals surface area contributed by atoms with Gasteiger partial charge >= 0.3 is 0 Å². The standard InChI is InChI=1S/C17H25ClN2O2/c1-17(2,14-8-7-13(18)10-15(14)22-4)19-16(21)12-6-5-9-20(3)11-12/h7-8,10,12H,5-6,9,11H2,1-4H3,(H,19,21)/t12-/m0/s1. The van der Waals surface area contributed by atoms with Crippen molar-refractivity contribution >= 4 is 17.5 Å². The highest BCUT2D eigenvalue weighted by Gasteiger charge is 2.31. The molecular formula is C17H25ClN2O2. The summed E-state index contributed by atoms with van der Waals surface area (Å²) in [5.74, 6) is 0.850. The molecule has 5 heteroatoms. The molecule has 4 nitrogen and oxygen atoms in total. The Kier molecular flexibility index (Phi) is 5.35. The van der Waals surface area contributed by atoms with Crippen LogP contribution in [0.3, 0.4) is 0 Å². The number of carbonyl (C=O) groups excluding carboxylic acids is 1. The van der Waals surface area contributed by atoms with Crippen LogP contribution < -0.4 is 10.1 Å². The highest BCUT2D eigenvalue weighted by molar-refractivity contribution is 6.30. The van der Waals surface area contributed by atoms with E-state index >= 15 is 0 Å². The third kappa shape index (κ3) is 3.93. The smallest absolute Gasteiger partial charge is 0.225 e. The minimum absolute atomic E-state index is 0.0521. The first-order chi connectivity index (χ1) is 10.3. The number of carbonyl (C=O) groups is 1. The molecule has 1 heterocycles. The summed E-state index contributed by atoms with van der Waals surface area (Å²) in [5, 5.41) is 3.79. The molecule has 0 aliphatic carbocycles. The highest BCUT2D eigenvalue weighted by Crippen LogP contribution is 2.32. The summed E-state index contributed by atoms with van der Waals surface area (Å²) in [6, 6.07) is 5.51. The first-order valence-corrected chi connectivity index (χ1v) is 8.06. The number of amides is 1. The van der Waals surface area contributed by atoms with Gasteiger partial charge in [0.2, 0.25) is 5.91 Å². The molecule has 1 saturated heterocycles. The van der Waals surface area contributed by atoms with E-state index < -0.39 is 5.54 Å². The molecule has 1 atom stereocenters. The second-order valence-electron chi connectivity index (χ2n) is 6.56. The quantitative estimate of drug-likeness (QED) is 0.925. The van der Waals surface area contributed by atoms with Gasteiger partial charge in [0.1, 0.15) is 5.75 Å². The Bertz CT molecular complexity index is 545. The van der Waals surface area contributed by atoms with Gasteiger partial charge in [-0.3, -0.25) is 4.79 Å². The molecule has 22 heavy (non-hydrogen) atoms. The number of benzene rings is 1. The zero-order valence-corrected chi connectivity index (χ0v) is 14.5. The van der Waals surface area contributed by atoms with E-state index in [-0.39, 0.29) is 11.8 Å². The number of nitrogens with one attached hydrogen (secondary N) is 1. The topological polar surface area (TPSA) is 41.6 Å². The van der Waals surface area contributed by atoms with Crippen molar-refractivity contribution < 1.29 is 9.53 Å². The fourth-order valence-corrected chi connectivity index (χ4v) is 3.20. The van der Waals surface area contributed by atoms with Crippen LogP contribution in [0.4, 0.5) is 0 Å². The molecule has 1 fully saturated rings. The van der Waals surface area contributed by atoms with Gasteiger partial charge in [0.05, 0.1) is 18.6 Å². The Morgan fingerprint density at radius 2 is 2.18 bits per heavy atom. The molecule has 122 valence electrons. The third-order valence-corrected chi connectivity index (χ3v) is 4.50. The molecule has 0 aromatic heterocycles. The lowest BCUT2D eigenvalue weighted by atomic mass is 9.90. The number of hydrogen-bond donors (Lipinski definition) is 1. The minimum atomic E-state index is -0.511. The summed E-state index contributed by atoms with van der Waals surface area (Å²) in [4.78, 5) is 14.8. The maximum absolute atomic E-state index is 12.6. The maximum atomic E-state index is 12.6. The van der Waals surface area contributed by atoms with Crippen molar-refractivity contribution in [3.05, 3.63) is 28.8 Å². The van der Waals surface area contributed by atoms with Gasteiger partial charge in [-0.15, -0.1) is 0 Å². The number of halogens is 1. The van der Waals surface area contributed by atoms with Gasteiger partial charge in [-0.05, 0) is 52.4 Å². The molecule has 0 unspecified atom stereocenters. The van der Waals surface area contributed by atoms with Crippen LogP contribution in [0.5, 0.6) is 5.75 Å². The van der Waals surface area contributed by atoms with E-state index in [9.17, 15) is 4.79 Å². The summed E-state index contributed by atoms with van der Waals surface area (Å²) in [6.07, 6.45) is 2.02. The molecule has 1 aromatic rings. The zero-order valence-electron chi connectivity index (χ0n) is 13.8. The number of hydrogen-bond acceptors (Lipinski definition) is 3. The van der Waals surface area contributed by atoms with Crippen LogP contribution in [0.1, 0.15) is 32.3 Å². The molecule has 1 aliphatic rings. The summed E-state index contributed by atoms with van der Waals surface area (Å²) < 4.78 is 5.41. The molecular weight excluding hydrogens is 300 g/mol. The third-order valence-electron chi connectivity index (χ3n) is 4.27. The molecule has 1 aliphatic heterocycles. The van der Waals surface area contributed by atoms with Crippen LogP contribution in [-0.4, -0.2) is 38.1 Å². The van der Waals surface area contributed by atoms with Gasteiger partial charge in [0.15, 0.2) is 0 Å². The van der Waals surface area contributed by atoms with Crippen LogP contribution in [0.25, 0.3) is 0 Å². The van der Waals surface area contributed by atoms with E-state index in [4.69, 9.17) is 16.3 Å². The van der Waals surface area contributed by atoms with Crippen LogP contribution in [-0.2, 0) is 10.3 Å². The average Bonchev–Trinajstić information content (AvgIpc) is 2.46. The fraction of sp³-hybridized carbons (Fsp3) is 0.588. The number of ether oxygens (including phenoxy) is 1. The predicted molar refractivity (Wildman–Crippen MR) is 89.4 cm³/mol. The van der Waals surface area contributed by atoms with E-state index in [1.807, 2.05) is 26.0 Å². The Morgan fingerprint density at radius 3 is 2.82 bits per heavy atom.